The van der Waals surface area contributed by atoms with Gasteiger partial charge in [0.25, 0.3) is 5.91 Å². The number of nitrogens with two attached hydrogens (primary N) is 1. The Kier molecular flexibility index (Phi) is 10.9. The van der Waals surface area contributed by atoms with Crippen molar-refractivity contribution in [3.05, 3.63) is 114 Å². The minimum Gasteiger partial charge on any atom is -0.493 e. The number of β-lactam (4-membered cyclic amide) rings is 1. The maximum atomic E-state index is 13.2. The highest BCUT2D eigenvalue weighted by molar-refractivity contribution is 8.01. The van der Waals surface area contributed by atoms with E-state index in [2.05, 4.69) is 58.7 Å². The van der Waals surface area contributed by atoms with E-state index in [1.54, 1.807) is 19.9 Å². The maximum Gasteiger partial charge on any atom is 0.327 e. The number of carbonyl (C=O) groups excluding carboxylic acids is 2. The molecule has 2 fully saturated rings. The van der Waals surface area contributed by atoms with Crippen LogP contribution in [0.25, 0.3) is 10.8 Å². The fraction of sp³-hybridized carbons (Fsp3) is 0.324. The predicted molar refractivity (Wildman–Crippen MR) is 186 cm³/mol. The zero-order chi connectivity index (χ0) is 33.6. The SMILES string of the molecule is CCOc1ccc2ccccc2c1C(=O)NC1C(=O)N2C1SC(C)(C)C2C(=O)O.NCCN(Cc1ccccc1)Cc1ccccc1. The number of carbonyl (C=O) groups is 3. The number of hydrogen-bond donors (Lipinski definition) is 3. The number of hydrogen-bond acceptors (Lipinski definition) is 7. The number of ether oxygens (including phenoxy) is 1. The van der Waals surface area contributed by atoms with Gasteiger partial charge in [0.05, 0.1) is 12.2 Å². The quantitative estimate of drug-likeness (QED) is 0.190. The molecule has 0 radical (unpaired) electrons. The third-order valence-corrected chi connectivity index (χ3v) is 9.89. The summed E-state index contributed by atoms with van der Waals surface area (Å²) in [5.74, 6) is -1.35. The maximum absolute atomic E-state index is 13.2. The molecule has 47 heavy (non-hydrogen) atoms. The fourth-order valence-electron chi connectivity index (χ4n) is 6.20. The van der Waals surface area contributed by atoms with Crippen molar-refractivity contribution in [2.45, 2.75) is 56.1 Å². The molecule has 0 aliphatic carbocycles. The van der Waals surface area contributed by atoms with Crippen LogP contribution in [0.1, 0.15) is 42.3 Å². The first-order chi connectivity index (χ1) is 22.6. The van der Waals surface area contributed by atoms with Gasteiger partial charge in [-0.2, -0.15) is 0 Å². The van der Waals surface area contributed by atoms with Gasteiger partial charge in [0.2, 0.25) is 5.91 Å². The second-order valence-electron chi connectivity index (χ2n) is 12.1. The monoisotopic (exact) mass is 654 g/mol. The number of fused-ring (bicyclic) bond motifs is 2. The number of benzene rings is 4. The van der Waals surface area contributed by atoms with Gasteiger partial charge < -0.3 is 25.8 Å². The molecule has 246 valence electrons. The molecule has 0 spiro atoms. The van der Waals surface area contributed by atoms with E-state index in [9.17, 15) is 19.5 Å². The Labute approximate surface area is 280 Å². The Hall–Kier alpha value is -4.38. The molecule has 4 aromatic rings. The lowest BCUT2D eigenvalue weighted by Crippen LogP contribution is -2.70. The summed E-state index contributed by atoms with van der Waals surface area (Å²) >= 11 is 1.40. The largest absolute Gasteiger partial charge is 0.493 e. The molecule has 2 aliphatic rings. The molecule has 2 heterocycles. The predicted octanol–water partition coefficient (Wildman–Crippen LogP) is 5.13. The second-order valence-corrected chi connectivity index (χ2v) is 13.9. The Bertz CT molecular complexity index is 1660. The molecular weight excluding hydrogens is 612 g/mol. The van der Waals surface area contributed by atoms with Gasteiger partial charge in [-0.25, -0.2) is 4.79 Å². The summed E-state index contributed by atoms with van der Waals surface area (Å²) in [6, 6.07) is 30.5. The number of carboxylic acid groups (broad SMARTS) is 1. The summed E-state index contributed by atoms with van der Waals surface area (Å²) in [6.07, 6.45) is 0. The summed E-state index contributed by atoms with van der Waals surface area (Å²) < 4.78 is 5.02. The van der Waals surface area contributed by atoms with Gasteiger partial charge in [0.1, 0.15) is 23.2 Å². The van der Waals surface area contributed by atoms with Crippen LogP contribution in [0.3, 0.4) is 0 Å². The van der Waals surface area contributed by atoms with Crippen molar-refractivity contribution in [2.24, 2.45) is 5.73 Å². The van der Waals surface area contributed by atoms with E-state index in [1.165, 1.54) is 27.8 Å². The number of nitrogens with zero attached hydrogens (tertiary/aromatic N) is 2. The number of nitrogens with one attached hydrogen (secondary N) is 1. The molecule has 6 rings (SSSR count). The minimum absolute atomic E-state index is 0.368. The molecule has 9 nitrogen and oxygen atoms in total. The van der Waals surface area contributed by atoms with Crippen LogP contribution in [-0.2, 0) is 22.7 Å². The van der Waals surface area contributed by atoms with Gasteiger partial charge in [-0.15, -0.1) is 11.8 Å². The lowest BCUT2D eigenvalue weighted by Gasteiger charge is -2.43. The molecular formula is C37H42N4O5S. The molecule has 10 heteroatoms. The van der Waals surface area contributed by atoms with Gasteiger partial charge in [-0.05, 0) is 48.7 Å². The summed E-state index contributed by atoms with van der Waals surface area (Å²) in [5, 5.41) is 13.6. The number of thioether (sulfide) groups is 1. The van der Waals surface area contributed by atoms with Gasteiger partial charge >= 0.3 is 5.97 Å². The van der Waals surface area contributed by atoms with Crippen molar-refractivity contribution >= 4 is 40.3 Å². The molecule has 4 N–H and O–H groups in total. The Morgan fingerprint density at radius 1 is 0.936 bits per heavy atom. The van der Waals surface area contributed by atoms with Gasteiger partial charge in [0.15, 0.2) is 0 Å². The zero-order valence-corrected chi connectivity index (χ0v) is 27.8. The molecule has 2 amide bonds. The van der Waals surface area contributed by atoms with Crippen LogP contribution in [0.15, 0.2) is 97.1 Å². The summed E-state index contributed by atoms with van der Waals surface area (Å²) in [4.78, 5) is 41.3. The Balaban J connectivity index is 0.000000207. The van der Waals surface area contributed by atoms with E-state index in [-0.39, 0.29) is 5.91 Å². The highest BCUT2D eigenvalue weighted by Gasteiger charge is 2.64. The normalized spacial score (nSPS) is 19.4. The van der Waals surface area contributed by atoms with Crippen molar-refractivity contribution in [2.75, 3.05) is 19.7 Å². The molecule has 4 aromatic carbocycles. The third kappa shape index (κ3) is 7.62. The Morgan fingerprint density at radius 3 is 2.11 bits per heavy atom. The molecule has 0 bridgehead atoms. The molecule has 2 saturated heterocycles. The van der Waals surface area contributed by atoms with Crippen LogP contribution in [-0.4, -0.2) is 74.6 Å². The first-order valence-electron chi connectivity index (χ1n) is 15.8. The zero-order valence-electron chi connectivity index (χ0n) is 27.0. The molecule has 0 aromatic heterocycles. The van der Waals surface area contributed by atoms with Crippen molar-refractivity contribution in [1.82, 2.24) is 15.1 Å². The van der Waals surface area contributed by atoms with Crippen LogP contribution in [0, 0.1) is 0 Å². The van der Waals surface area contributed by atoms with Crippen LogP contribution in [0.5, 0.6) is 5.75 Å². The van der Waals surface area contributed by atoms with E-state index < -0.39 is 34.1 Å². The van der Waals surface area contributed by atoms with Crippen LogP contribution in [0.4, 0.5) is 0 Å². The van der Waals surface area contributed by atoms with Crippen LogP contribution in [0.2, 0.25) is 0 Å². The second kappa shape index (κ2) is 15.0. The van der Waals surface area contributed by atoms with Gasteiger partial charge in [-0.3, -0.25) is 14.5 Å². The smallest absolute Gasteiger partial charge is 0.327 e. The highest BCUT2D eigenvalue weighted by atomic mass is 32.2. The fourth-order valence-corrected chi connectivity index (χ4v) is 7.83. The molecule has 3 unspecified atom stereocenters. The average Bonchev–Trinajstić information content (AvgIpc) is 3.32. The minimum atomic E-state index is -1.03. The third-order valence-electron chi connectivity index (χ3n) is 8.32. The van der Waals surface area contributed by atoms with E-state index in [0.717, 1.165) is 30.4 Å². The number of rotatable bonds is 11. The van der Waals surface area contributed by atoms with E-state index in [4.69, 9.17) is 10.5 Å². The molecule has 0 saturated carbocycles. The van der Waals surface area contributed by atoms with E-state index >= 15 is 0 Å². The van der Waals surface area contributed by atoms with Crippen LogP contribution < -0.4 is 15.8 Å². The number of amides is 2. The summed E-state index contributed by atoms with van der Waals surface area (Å²) in [5.41, 5.74) is 8.75. The first kappa shape index (κ1) is 34.0. The van der Waals surface area contributed by atoms with Gasteiger partial charge in [0, 0.05) is 30.9 Å². The van der Waals surface area contributed by atoms with Crippen LogP contribution >= 0.6 is 11.8 Å². The van der Waals surface area contributed by atoms with Crippen molar-refractivity contribution in [1.29, 1.82) is 0 Å². The first-order valence-corrected chi connectivity index (χ1v) is 16.7. The van der Waals surface area contributed by atoms with E-state index in [1.807, 2.05) is 49.4 Å². The standard InChI is InChI=1S/C21H22N2O5S.C16H20N2/c1-4-28-13-10-9-11-7-5-6-8-12(11)14(13)17(24)22-15-18(25)23-16(20(26)27)21(2,3)29-19(15)23;17-11-12-18(13-15-7-3-1-4-8-15)14-16-9-5-2-6-10-16/h5-10,15-16,19H,4H2,1-3H3,(H,22,24)(H,26,27);1-10H,11-14,17H2. The highest BCUT2D eigenvalue weighted by Crippen LogP contribution is 2.50. The Morgan fingerprint density at radius 2 is 1.53 bits per heavy atom. The molecule has 2 aliphatic heterocycles. The number of carboxylic acids is 1. The van der Waals surface area contributed by atoms with Crippen molar-refractivity contribution < 1.29 is 24.2 Å². The van der Waals surface area contributed by atoms with E-state index in [0.29, 0.717) is 24.5 Å². The van der Waals surface area contributed by atoms with Gasteiger partial charge in [-0.1, -0.05) is 91.0 Å². The average molecular weight is 655 g/mol. The number of aliphatic carboxylic acids is 1. The summed E-state index contributed by atoms with van der Waals surface area (Å²) in [6.45, 7) is 9.37. The topological polar surface area (TPSA) is 125 Å². The molecule has 3 atom stereocenters. The van der Waals surface area contributed by atoms with Crippen molar-refractivity contribution in [3.63, 3.8) is 0 Å². The lowest BCUT2D eigenvalue weighted by molar-refractivity contribution is -0.159. The lowest BCUT2D eigenvalue weighted by atomic mass is 9.95. The van der Waals surface area contributed by atoms with Crippen molar-refractivity contribution in [3.8, 4) is 5.75 Å². The summed E-state index contributed by atoms with van der Waals surface area (Å²) in [7, 11) is 0.